The largest absolute Gasteiger partial charge is 0.393 e. The summed E-state index contributed by atoms with van der Waals surface area (Å²) in [7, 11) is 0. The quantitative estimate of drug-likeness (QED) is 0.406. The molecule has 0 amide bonds. The summed E-state index contributed by atoms with van der Waals surface area (Å²) in [5, 5.41) is 26.8. The van der Waals surface area contributed by atoms with E-state index in [0.717, 1.165) is 0 Å². The van der Waals surface area contributed by atoms with Gasteiger partial charge in [0, 0.05) is 6.42 Å². The van der Waals surface area contributed by atoms with E-state index in [-0.39, 0.29) is 0 Å². The van der Waals surface area contributed by atoms with Crippen molar-refractivity contribution in [3.63, 3.8) is 0 Å². The molecule has 0 radical (unpaired) electrons. The number of rotatable bonds is 0. The first-order chi connectivity index (χ1) is 4.20. The summed E-state index contributed by atoms with van der Waals surface area (Å²) >= 11 is 0. The minimum atomic E-state index is -0.714. The Balaban J connectivity index is 2.35. The predicted molar refractivity (Wildman–Crippen MR) is 31.9 cm³/mol. The standard InChI is InChI=1S/C6H12O3/c7-4-1-2-5(8)6(9)3-4/h4-9H,1-3H2/t4-,5+,6-/m0/s1. The fourth-order valence-electron chi connectivity index (χ4n) is 1.11. The lowest BCUT2D eigenvalue weighted by Crippen LogP contribution is -2.35. The van der Waals surface area contributed by atoms with Crippen molar-refractivity contribution in [2.24, 2.45) is 0 Å². The Morgan fingerprint density at radius 2 is 1.56 bits per heavy atom. The van der Waals surface area contributed by atoms with Crippen LogP contribution in [0, 0.1) is 0 Å². The van der Waals surface area contributed by atoms with Gasteiger partial charge in [0.25, 0.3) is 0 Å². The van der Waals surface area contributed by atoms with Crippen molar-refractivity contribution in [3.8, 4) is 0 Å². The van der Waals surface area contributed by atoms with Crippen molar-refractivity contribution < 1.29 is 15.3 Å². The van der Waals surface area contributed by atoms with Gasteiger partial charge in [0.1, 0.15) is 0 Å². The van der Waals surface area contributed by atoms with Crippen molar-refractivity contribution in [3.05, 3.63) is 0 Å². The molecule has 1 saturated carbocycles. The summed E-state index contributed by atoms with van der Waals surface area (Å²) in [5.74, 6) is 0. The first-order valence-corrected chi connectivity index (χ1v) is 3.24. The smallest absolute Gasteiger partial charge is 0.0823 e. The molecule has 9 heavy (non-hydrogen) atoms. The SMILES string of the molecule is O[C@H]1CC[C@@H](O)[C@@H](O)C1. The minimum Gasteiger partial charge on any atom is -0.393 e. The fraction of sp³-hybridized carbons (Fsp3) is 1.00. The van der Waals surface area contributed by atoms with Gasteiger partial charge in [-0.05, 0) is 12.8 Å². The minimum absolute atomic E-state index is 0.321. The highest BCUT2D eigenvalue weighted by Gasteiger charge is 2.25. The van der Waals surface area contributed by atoms with E-state index in [1.165, 1.54) is 0 Å². The van der Waals surface area contributed by atoms with E-state index >= 15 is 0 Å². The van der Waals surface area contributed by atoms with Gasteiger partial charge in [0.2, 0.25) is 0 Å². The van der Waals surface area contributed by atoms with Gasteiger partial charge in [-0.1, -0.05) is 0 Å². The number of aliphatic hydroxyl groups excluding tert-OH is 3. The van der Waals surface area contributed by atoms with Crippen LogP contribution < -0.4 is 0 Å². The summed E-state index contributed by atoms with van der Waals surface area (Å²) in [6.45, 7) is 0. The van der Waals surface area contributed by atoms with Gasteiger partial charge in [-0.25, -0.2) is 0 Å². The number of hydrogen-bond acceptors (Lipinski definition) is 3. The third kappa shape index (κ3) is 1.64. The lowest BCUT2D eigenvalue weighted by molar-refractivity contribution is -0.0494. The van der Waals surface area contributed by atoms with Crippen molar-refractivity contribution in [2.75, 3.05) is 0 Å². The summed E-state index contributed by atoms with van der Waals surface area (Å²) in [4.78, 5) is 0. The first kappa shape index (κ1) is 6.99. The molecule has 1 fully saturated rings. The van der Waals surface area contributed by atoms with Gasteiger partial charge >= 0.3 is 0 Å². The molecule has 0 aromatic heterocycles. The van der Waals surface area contributed by atoms with Crippen LogP contribution in [0.1, 0.15) is 19.3 Å². The summed E-state index contributed by atoms with van der Waals surface area (Å²) in [5.41, 5.74) is 0. The second-order valence-corrected chi connectivity index (χ2v) is 2.60. The molecular weight excluding hydrogens is 120 g/mol. The molecule has 3 N–H and O–H groups in total. The van der Waals surface area contributed by atoms with Crippen LogP contribution in [0.15, 0.2) is 0 Å². The molecule has 3 nitrogen and oxygen atoms in total. The molecule has 3 atom stereocenters. The molecule has 1 rings (SSSR count). The molecule has 0 aliphatic heterocycles. The molecule has 54 valence electrons. The molecule has 1 aliphatic carbocycles. The van der Waals surface area contributed by atoms with E-state index < -0.39 is 18.3 Å². The average molecular weight is 132 g/mol. The highest BCUT2D eigenvalue weighted by atomic mass is 16.3. The Bertz CT molecular complexity index is 94.3. The third-order valence-electron chi connectivity index (χ3n) is 1.75. The molecule has 0 aromatic carbocycles. The fourth-order valence-corrected chi connectivity index (χ4v) is 1.11. The van der Waals surface area contributed by atoms with Gasteiger partial charge < -0.3 is 15.3 Å². The Labute approximate surface area is 53.9 Å². The van der Waals surface area contributed by atoms with Crippen LogP contribution in [-0.2, 0) is 0 Å². The molecule has 3 heteroatoms. The van der Waals surface area contributed by atoms with Gasteiger partial charge in [-0.3, -0.25) is 0 Å². The zero-order chi connectivity index (χ0) is 6.85. The monoisotopic (exact) mass is 132 g/mol. The molecule has 0 heterocycles. The highest BCUT2D eigenvalue weighted by Crippen LogP contribution is 2.18. The molecular formula is C6H12O3. The lowest BCUT2D eigenvalue weighted by Gasteiger charge is -2.26. The molecule has 1 aliphatic rings. The van der Waals surface area contributed by atoms with Gasteiger partial charge in [-0.15, -0.1) is 0 Å². The van der Waals surface area contributed by atoms with Crippen LogP contribution >= 0.6 is 0 Å². The van der Waals surface area contributed by atoms with E-state index in [1.807, 2.05) is 0 Å². The third-order valence-corrected chi connectivity index (χ3v) is 1.75. The van der Waals surface area contributed by atoms with Gasteiger partial charge in [0.05, 0.1) is 18.3 Å². The molecule has 0 unspecified atom stereocenters. The van der Waals surface area contributed by atoms with Crippen molar-refractivity contribution in [1.29, 1.82) is 0 Å². The van der Waals surface area contributed by atoms with Gasteiger partial charge in [-0.2, -0.15) is 0 Å². The predicted octanol–water partition coefficient (Wildman–Crippen LogP) is -0.747. The van der Waals surface area contributed by atoms with Crippen LogP contribution in [0.2, 0.25) is 0 Å². The lowest BCUT2D eigenvalue weighted by atomic mass is 9.93. The summed E-state index contributed by atoms with van der Waals surface area (Å²) in [6, 6.07) is 0. The van der Waals surface area contributed by atoms with E-state index in [2.05, 4.69) is 0 Å². The maximum atomic E-state index is 8.94. The number of aliphatic hydroxyl groups is 3. The van der Waals surface area contributed by atoms with E-state index in [4.69, 9.17) is 15.3 Å². The highest BCUT2D eigenvalue weighted by molar-refractivity contribution is 4.77. The normalized spacial score (nSPS) is 45.0. The first-order valence-electron chi connectivity index (χ1n) is 3.24. The maximum Gasteiger partial charge on any atom is 0.0823 e. The Hall–Kier alpha value is -0.120. The zero-order valence-electron chi connectivity index (χ0n) is 5.20. The van der Waals surface area contributed by atoms with Crippen LogP contribution in [0.5, 0.6) is 0 Å². The second-order valence-electron chi connectivity index (χ2n) is 2.60. The van der Waals surface area contributed by atoms with Crippen LogP contribution in [-0.4, -0.2) is 33.6 Å². The molecule has 0 aromatic rings. The topological polar surface area (TPSA) is 60.7 Å². The molecule has 0 saturated heterocycles. The maximum absolute atomic E-state index is 8.94. The van der Waals surface area contributed by atoms with Gasteiger partial charge in [0.15, 0.2) is 0 Å². The van der Waals surface area contributed by atoms with Crippen LogP contribution in [0.25, 0.3) is 0 Å². The van der Waals surface area contributed by atoms with E-state index in [1.54, 1.807) is 0 Å². The Morgan fingerprint density at radius 1 is 0.889 bits per heavy atom. The van der Waals surface area contributed by atoms with E-state index in [9.17, 15) is 0 Å². The Kier molecular flexibility index (Phi) is 2.05. The summed E-state index contributed by atoms with van der Waals surface area (Å²) < 4.78 is 0. The average Bonchev–Trinajstić information content (AvgIpc) is 1.80. The molecule has 0 spiro atoms. The zero-order valence-corrected chi connectivity index (χ0v) is 5.20. The van der Waals surface area contributed by atoms with Crippen LogP contribution in [0.3, 0.4) is 0 Å². The van der Waals surface area contributed by atoms with Crippen molar-refractivity contribution in [2.45, 2.75) is 37.6 Å². The molecule has 0 bridgehead atoms. The summed E-state index contributed by atoms with van der Waals surface area (Å²) in [6.07, 6.45) is -0.299. The van der Waals surface area contributed by atoms with E-state index in [0.29, 0.717) is 19.3 Å². The Morgan fingerprint density at radius 3 is 2.00 bits per heavy atom. The van der Waals surface area contributed by atoms with Crippen LogP contribution in [0.4, 0.5) is 0 Å². The number of hydrogen-bond donors (Lipinski definition) is 3. The second kappa shape index (κ2) is 2.64. The van der Waals surface area contributed by atoms with Crippen molar-refractivity contribution >= 4 is 0 Å². The van der Waals surface area contributed by atoms with Crippen molar-refractivity contribution in [1.82, 2.24) is 0 Å².